The Labute approximate surface area is 102 Å². The summed E-state index contributed by atoms with van der Waals surface area (Å²) in [6, 6.07) is 3.47. The first-order valence-electron chi connectivity index (χ1n) is 4.94. The van der Waals surface area contributed by atoms with Gasteiger partial charge in [-0.05, 0) is 35.0 Å². The monoisotopic (exact) mass is 285 g/mol. The van der Waals surface area contributed by atoms with Gasteiger partial charge in [-0.15, -0.1) is 0 Å². The summed E-state index contributed by atoms with van der Waals surface area (Å²) in [5.74, 6) is -0.525. The lowest BCUT2D eigenvalue weighted by molar-refractivity contribution is -0.143. The third-order valence-corrected chi connectivity index (χ3v) is 2.52. The van der Waals surface area contributed by atoms with Gasteiger partial charge in [0.25, 0.3) is 0 Å². The molecule has 0 radical (unpaired) electrons. The van der Waals surface area contributed by atoms with Crippen molar-refractivity contribution in [2.24, 2.45) is 0 Å². The second-order valence-electron chi connectivity index (χ2n) is 3.06. The Morgan fingerprint density at radius 2 is 2.19 bits per heavy atom. The highest BCUT2D eigenvalue weighted by atomic mass is 79.9. The molecule has 0 unspecified atom stereocenters. The summed E-state index contributed by atoms with van der Waals surface area (Å²) in [5, 5.41) is 0. The molecule has 1 aromatic rings. The molecule has 1 rings (SSSR count). The van der Waals surface area contributed by atoms with E-state index >= 15 is 0 Å². The molecule has 0 bridgehead atoms. The van der Waals surface area contributed by atoms with Crippen LogP contribution in [0.3, 0.4) is 0 Å². The molecule has 0 atom stereocenters. The Hall–Kier alpha value is -1.23. The summed E-state index contributed by atoms with van der Waals surface area (Å²) < 4.78 is 5.38. The minimum absolute atomic E-state index is 0.0929. The van der Waals surface area contributed by atoms with Crippen LogP contribution in [0.25, 0.3) is 0 Å². The van der Waals surface area contributed by atoms with E-state index in [0.717, 1.165) is 0 Å². The van der Waals surface area contributed by atoms with Crippen molar-refractivity contribution in [1.29, 1.82) is 0 Å². The molecule has 4 nitrogen and oxygen atoms in total. The van der Waals surface area contributed by atoms with Crippen LogP contribution in [0.1, 0.15) is 30.3 Å². The van der Waals surface area contributed by atoms with Crippen LogP contribution in [0.2, 0.25) is 0 Å². The number of halogens is 1. The molecule has 0 aliphatic rings. The zero-order chi connectivity index (χ0) is 12.0. The first kappa shape index (κ1) is 12.8. The highest BCUT2D eigenvalue weighted by molar-refractivity contribution is 9.10. The molecule has 0 fully saturated rings. The summed E-state index contributed by atoms with van der Waals surface area (Å²) >= 11 is 3.24. The lowest BCUT2D eigenvalue weighted by Gasteiger charge is -2.02. The quantitative estimate of drug-likeness (QED) is 0.616. The molecule has 1 aromatic heterocycles. The normalized spacial score (nSPS) is 9.88. The lowest BCUT2D eigenvalue weighted by atomic mass is 10.1. The number of rotatable bonds is 5. The molecule has 16 heavy (non-hydrogen) atoms. The number of esters is 1. The molecule has 0 aliphatic carbocycles. The molecule has 0 amide bonds. The predicted molar refractivity (Wildman–Crippen MR) is 62.1 cm³/mol. The van der Waals surface area contributed by atoms with Gasteiger partial charge >= 0.3 is 5.97 Å². The van der Waals surface area contributed by atoms with Crippen LogP contribution in [-0.4, -0.2) is 23.3 Å². The molecular formula is C11H12BrNO3. The highest BCUT2D eigenvalue weighted by Crippen LogP contribution is 2.15. The van der Waals surface area contributed by atoms with E-state index in [4.69, 9.17) is 4.74 Å². The summed E-state index contributed by atoms with van der Waals surface area (Å²) in [4.78, 5) is 26.7. The topological polar surface area (TPSA) is 56.3 Å². The van der Waals surface area contributed by atoms with Crippen molar-refractivity contribution < 1.29 is 14.3 Å². The van der Waals surface area contributed by atoms with E-state index in [-0.39, 0.29) is 24.6 Å². The molecule has 0 spiro atoms. The van der Waals surface area contributed by atoms with Crippen molar-refractivity contribution in [2.75, 3.05) is 6.61 Å². The van der Waals surface area contributed by atoms with Gasteiger partial charge in [0.2, 0.25) is 0 Å². The summed E-state index contributed by atoms with van der Waals surface area (Å²) in [7, 11) is 0. The van der Waals surface area contributed by atoms with Gasteiger partial charge in [-0.2, -0.15) is 0 Å². The highest BCUT2D eigenvalue weighted by Gasteiger charge is 2.13. The van der Waals surface area contributed by atoms with Crippen LogP contribution in [0.4, 0.5) is 0 Å². The van der Waals surface area contributed by atoms with Crippen LogP contribution < -0.4 is 0 Å². The zero-order valence-electron chi connectivity index (χ0n) is 8.90. The fourth-order valence-electron chi connectivity index (χ4n) is 1.16. The fourth-order valence-corrected chi connectivity index (χ4v) is 1.63. The molecule has 5 heteroatoms. The van der Waals surface area contributed by atoms with Crippen molar-refractivity contribution in [1.82, 2.24) is 4.98 Å². The minimum Gasteiger partial charge on any atom is -0.466 e. The van der Waals surface area contributed by atoms with Gasteiger partial charge in [-0.1, -0.05) is 0 Å². The summed E-state index contributed by atoms with van der Waals surface area (Å²) in [6.45, 7) is 2.06. The second kappa shape index (κ2) is 6.37. The Balaban J connectivity index is 2.54. The Kier molecular flexibility index (Phi) is 5.11. The van der Waals surface area contributed by atoms with Crippen molar-refractivity contribution in [3.8, 4) is 0 Å². The van der Waals surface area contributed by atoms with Crippen molar-refractivity contribution in [2.45, 2.75) is 19.8 Å². The van der Waals surface area contributed by atoms with E-state index in [9.17, 15) is 9.59 Å². The number of nitrogens with zero attached hydrogens (tertiary/aromatic N) is 1. The average Bonchev–Trinajstić information content (AvgIpc) is 2.27. The molecule has 86 valence electrons. The lowest BCUT2D eigenvalue weighted by Crippen LogP contribution is -2.09. The van der Waals surface area contributed by atoms with Crippen LogP contribution >= 0.6 is 15.9 Å². The van der Waals surface area contributed by atoms with E-state index in [1.807, 2.05) is 0 Å². The summed E-state index contributed by atoms with van der Waals surface area (Å²) in [6.07, 6.45) is 1.76. The third-order valence-electron chi connectivity index (χ3n) is 1.88. The van der Waals surface area contributed by atoms with Gasteiger partial charge in [0.05, 0.1) is 13.0 Å². The number of hydrogen-bond acceptors (Lipinski definition) is 4. The van der Waals surface area contributed by atoms with Crippen molar-refractivity contribution in [3.63, 3.8) is 0 Å². The Morgan fingerprint density at radius 1 is 1.44 bits per heavy atom. The van der Waals surface area contributed by atoms with E-state index in [1.165, 1.54) is 0 Å². The van der Waals surface area contributed by atoms with Crippen LogP contribution in [-0.2, 0) is 9.53 Å². The van der Waals surface area contributed by atoms with Crippen molar-refractivity contribution >= 4 is 27.7 Å². The minimum atomic E-state index is -0.358. The molecular weight excluding hydrogens is 274 g/mol. The maximum absolute atomic E-state index is 11.7. The third kappa shape index (κ3) is 3.73. The first-order chi connectivity index (χ1) is 7.65. The number of aromatic nitrogens is 1. The van der Waals surface area contributed by atoms with Crippen molar-refractivity contribution in [3.05, 3.63) is 28.5 Å². The van der Waals surface area contributed by atoms with Gasteiger partial charge in [0.15, 0.2) is 5.78 Å². The predicted octanol–water partition coefficient (Wildman–Crippen LogP) is 2.37. The number of ketones is 1. The Morgan fingerprint density at radius 3 is 2.81 bits per heavy atom. The van der Waals surface area contributed by atoms with Gasteiger partial charge in [-0.25, -0.2) is 0 Å². The van der Waals surface area contributed by atoms with Crippen LogP contribution in [0, 0.1) is 0 Å². The van der Waals surface area contributed by atoms with E-state index in [2.05, 4.69) is 20.9 Å². The van der Waals surface area contributed by atoms with Gasteiger partial charge < -0.3 is 4.74 Å². The molecule has 0 saturated heterocycles. The number of ether oxygens (including phenoxy) is 1. The SMILES string of the molecule is CCOC(=O)CCC(=O)c1ncccc1Br. The number of carbonyl (C=O) groups is 2. The number of pyridine rings is 1. The summed E-state index contributed by atoms with van der Waals surface area (Å²) in [5.41, 5.74) is 0.354. The van der Waals surface area contributed by atoms with E-state index < -0.39 is 0 Å². The second-order valence-corrected chi connectivity index (χ2v) is 3.92. The average molecular weight is 286 g/mol. The molecule has 0 N–H and O–H groups in total. The van der Waals surface area contributed by atoms with Crippen LogP contribution in [0.5, 0.6) is 0 Å². The Bertz CT molecular complexity index is 393. The molecule has 0 aliphatic heterocycles. The number of hydrogen-bond donors (Lipinski definition) is 0. The number of Topliss-reactive ketones (excluding diaryl/α,β-unsaturated/α-hetero) is 1. The zero-order valence-corrected chi connectivity index (χ0v) is 10.5. The van der Waals surface area contributed by atoms with Gasteiger partial charge in [0, 0.05) is 17.1 Å². The molecule has 1 heterocycles. The maximum Gasteiger partial charge on any atom is 0.306 e. The van der Waals surface area contributed by atoms with E-state index in [0.29, 0.717) is 16.8 Å². The van der Waals surface area contributed by atoms with E-state index in [1.54, 1.807) is 25.3 Å². The van der Waals surface area contributed by atoms with Crippen LogP contribution in [0.15, 0.2) is 22.8 Å². The molecule has 0 saturated carbocycles. The van der Waals surface area contributed by atoms with Gasteiger partial charge in [0.1, 0.15) is 5.69 Å². The standard InChI is InChI=1S/C11H12BrNO3/c1-2-16-10(15)6-5-9(14)11-8(12)4-3-7-13-11/h3-4,7H,2,5-6H2,1H3. The maximum atomic E-state index is 11.7. The van der Waals surface area contributed by atoms with Gasteiger partial charge in [-0.3, -0.25) is 14.6 Å². The fraction of sp³-hybridized carbons (Fsp3) is 0.364. The number of carbonyl (C=O) groups excluding carboxylic acids is 2. The molecule has 0 aromatic carbocycles. The smallest absolute Gasteiger partial charge is 0.306 e. The largest absolute Gasteiger partial charge is 0.466 e. The first-order valence-corrected chi connectivity index (χ1v) is 5.73.